The number of nitrogens with zero attached hydrogens (tertiary/aromatic N) is 2. The first-order chi connectivity index (χ1) is 12.9. The molecule has 2 heterocycles. The second-order valence-electron chi connectivity index (χ2n) is 7.07. The fraction of sp³-hybridized carbons (Fsp3) is 0.421. The summed E-state index contributed by atoms with van der Waals surface area (Å²) in [4.78, 5) is 0. The van der Waals surface area contributed by atoms with Gasteiger partial charge in [0.1, 0.15) is 5.82 Å². The lowest BCUT2D eigenvalue weighted by molar-refractivity contribution is -0.137. The SMILES string of the molecule is OC1CCC(NC2C=Cn3ncc(-c4cccc(C(F)(F)F)c4)c3N2)CC1. The molecule has 1 saturated carbocycles. The predicted molar refractivity (Wildman–Crippen MR) is 96.8 cm³/mol. The maximum absolute atomic E-state index is 13.0. The number of hydrogen-bond donors (Lipinski definition) is 3. The molecule has 27 heavy (non-hydrogen) atoms. The molecule has 0 saturated heterocycles. The maximum atomic E-state index is 13.0. The van der Waals surface area contributed by atoms with Crippen molar-refractivity contribution >= 4 is 12.0 Å². The molecule has 2 aliphatic rings. The summed E-state index contributed by atoms with van der Waals surface area (Å²) in [6.45, 7) is 0. The van der Waals surface area contributed by atoms with Gasteiger partial charge in [0.15, 0.2) is 0 Å². The summed E-state index contributed by atoms with van der Waals surface area (Å²) in [6, 6.07) is 5.56. The minimum atomic E-state index is -4.38. The van der Waals surface area contributed by atoms with E-state index >= 15 is 0 Å². The van der Waals surface area contributed by atoms with Gasteiger partial charge >= 0.3 is 6.18 Å². The summed E-state index contributed by atoms with van der Waals surface area (Å²) in [7, 11) is 0. The van der Waals surface area contributed by atoms with Gasteiger partial charge in [0.25, 0.3) is 0 Å². The Kier molecular flexibility index (Phi) is 4.69. The highest BCUT2D eigenvalue weighted by molar-refractivity contribution is 5.78. The van der Waals surface area contributed by atoms with Gasteiger partial charge in [-0.25, -0.2) is 4.68 Å². The van der Waals surface area contributed by atoms with Crippen LogP contribution in [0.5, 0.6) is 0 Å². The van der Waals surface area contributed by atoms with E-state index in [1.165, 1.54) is 6.07 Å². The smallest absolute Gasteiger partial charge is 0.393 e. The number of aliphatic hydroxyl groups excluding tert-OH is 1. The van der Waals surface area contributed by atoms with Crippen LogP contribution >= 0.6 is 0 Å². The van der Waals surface area contributed by atoms with Crippen molar-refractivity contribution in [2.45, 2.75) is 50.2 Å². The molecule has 1 atom stereocenters. The topological polar surface area (TPSA) is 62.1 Å². The first-order valence-electron chi connectivity index (χ1n) is 9.04. The number of hydrogen-bond acceptors (Lipinski definition) is 4. The third-order valence-electron chi connectivity index (χ3n) is 5.12. The lowest BCUT2D eigenvalue weighted by Gasteiger charge is -2.31. The van der Waals surface area contributed by atoms with E-state index in [2.05, 4.69) is 15.7 Å². The van der Waals surface area contributed by atoms with Gasteiger partial charge in [0.2, 0.25) is 0 Å². The van der Waals surface area contributed by atoms with E-state index < -0.39 is 11.7 Å². The van der Waals surface area contributed by atoms with Crippen molar-refractivity contribution in [3.8, 4) is 11.1 Å². The molecule has 1 aromatic heterocycles. The molecule has 0 spiro atoms. The van der Waals surface area contributed by atoms with Crippen molar-refractivity contribution in [3.05, 3.63) is 42.1 Å². The molecular formula is C19H21F3N4O. The fourth-order valence-corrected chi connectivity index (χ4v) is 3.65. The lowest BCUT2D eigenvalue weighted by atomic mass is 9.93. The number of aromatic nitrogens is 2. The summed E-state index contributed by atoms with van der Waals surface area (Å²) >= 11 is 0. The zero-order valence-electron chi connectivity index (χ0n) is 14.6. The Morgan fingerprint density at radius 2 is 1.96 bits per heavy atom. The van der Waals surface area contributed by atoms with E-state index in [-0.39, 0.29) is 12.3 Å². The zero-order valence-corrected chi connectivity index (χ0v) is 14.6. The van der Waals surface area contributed by atoms with Crippen LogP contribution in [0.2, 0.25) is 0 Å². The minimum Gasteiger partial charge on any atom is -0.393 e. The van der Waals surface area contributed by atoms with Gasteiger partial charge in [-0.3, -0.25) is 5.32 Å². The number of aliphatic hydroxyl groups is 1. The normalized spacial score (nSPS) is 25.1. The van der Waals surface area contributed by atoms with Gasteiger partial charge in [-0.2, -0.15) is 18.3 Å². The van der Waals surface area contributed by atoms with Gasteiger partial charge in [-0.15, -0.1) is 0 Å². The first-order valence-corrected chi connectivity index (χ1v) is 9.04. The molecule has 3 N–H and O–H groups in total. The van der Waals surface area contributed by atoms with Gasteiger partial charge in [-0.1, -0.05) is 12.1 Å². The summed E-state index contributed by atoms with van der Waals surface area (Å²) in [5.41, 5.74) is 0.409. The van der Waals surface area contributed by atoms with Crippen LogP contribution in [0, 0.1) is 0 Å². The highest BCUT2D eigenvalue weighted by Crippen LogP contribution is 2.35. The molecular weight excluding hydrogens is 357 g/mol. The van der Waals surface area contributed by atoms with Crippen molar-refractivity contribution in [1.29, 1.82) is 0 Å². The summed E-state index contributed by atoms with van der Waals surface area (Å²) in [5, 5.41) is 20.7. The van der Waals surface area contributed by atoms with Crippen LogP contribution in [0.3, 0.4) is 0 Å². The van der Waals surface area contributed by atoms with Crippen molar-refractivity contribution in [2.24, 2.45) is 0 Å². The Bertz CT molecular complexity index is 838. The number of nitrogens with one attached hydrogen (secondary N) is 2. The summed E-state index contributed by atoms with van der Waals surface area (Å²) in [5.74, 6) is 0.658. The molecule has 0 amide bonds. The van der Waals surface area contributed by atoms with Crippen LogP contribution in [0.25, 0.3) is 17.3 Å². The average molecular weight is 378 g/mol. The molecule has 1 aliphatic carbocycles. The molecule has 0 bridgehead atoms. The second kappa shape index (κ2) is 7.01. The third kappa shape index (κ3) is 3.86. The number of benzene rings is 1. The maximum Gasteiger partial charge on any atom is 0.416 e. The molecule has 8 heteroatoms. The van der Waals surface area contributed by atoms with Gasteiger partial charge in [0, 0.05) is 17.8 Å². The highest BCUT2D eigenvalue weighted by Gasteiger charge is 2.31. The van der Waals surface area contributed by atoms with E-state index in [1.54, 1.807) is 23.1 Å². The van der Waals surface area contributed by atoms with Crippen molar-refractivity contribution in [2.75, 3.05) is 5.32 Å². The van der Waals surface area contributed by atoms with E-state index in [4.69, 9.17) is 0 Å². The van der Waals surface area contributed by atoms with Crippen molar-refractivity contribution in [1.82, 2.24) is 15.1 Å². The van der Waals surface area contributed by atoms with Gasteiger partial charge in [0.05, 0.1) is 24.0 Å². The Hall–Kier alpha value is -2.32. The largest absolute Gasteiger partial charge is 0.416 e. The Balaban J connectivity index is 1.53. The second-order valence-corrected chi connectivity index (χ2v) is 7.07. The quantitative estimate of drug-likeness (QED) is 0.763. The average Bonchev–Trinajstić information content (AvgIpc) is 3.06. The van der Waals surface area contributed by atoms with E-state index in [0.717, 1.165) is 37.8 Å². The summed E-state index contributed by atoms with van der Waals surface area (Å²) < 4.78 is 40.7. The molecule has 0 radical (unpaired) electrons. The van der Waals surface area contributed by atoms with Crippen LogP contribution in [0.4, 0.5) is 19.0 Å². The lowest BCUT2D eigenvalue weighted by Crippen LogP contribution is -2.45. The van der Waals surface area contributed by atoms with Crippen LogP contribution in [0.15, 0.2) is 36.5 Å². The number of fused-ring (bicyclic) bond motifs is 1. The summed E-state index contributed by atoms with van der Waals surface area (Å²) in [6.07, 6.45) is 3.92. The number of alkyl halides is 3. The van der Waals surface area contributed by atoms with Gasteiger partial charge < -0.3 is 10.4 Å². The first kappa shape index (κ1) is 18.1. The molecule has 4 rings (SSSR count). The van der Waals surface area contributed by atoms with Crippen LogP contribution < -0.4 is 10.6 Å². The molecule has 144 valence electrons. The Morgan fingerprint density at radius 1 is 1.19 bits per heavy atom. The van der Waals surface area contributed by atoms with Crippen LogP contribution in [-0.2, 0) is 6.18 Å². The Labute approximate surface area is 154 Å². The van der Waals surface area contributed by atoms with Crippen LogP contribution in [-0.4, -0.2) is 33.2 Å². The van der Waals surface area contributed by atoms with E-state index in [1.807, 2.05) is 6.08 Å². The number of halogens is 3. The molecule has 2 aromatic rings. The van der Waals surface area contributed by atoms with E-state index in [0.29, 0.717) is 23.0 Å². The highest BCUT2D eigenvalue weighted by atomic mass is 19.4. The number of anilines is 1. The molecule has 1 aliphatic heterocycles. The Morgan fingerprint density at radius 3 is 2.70 bits per heavy atom. The zero-order chi connectivity index (χ0) is 19.0. The van der Waals surface area contributed by atoms with Crippen molar-refractivity contribution < 1.29 is 18.3 Å². The standard InChI is InChI=1S/C19H21F3N4O/c20-19(21,22)13-3-1-2-12(10-13)16-11-23-26-9-8-17(25-18(16)26)24-14-4-6-15(27)7-5-14/h1-3,8-11,14-15,17,24-25,27H,4-7H2. The van der Waals surface area contributed by atoms with Gasteiger partial charge in [-0.05, 0) is 49.5 Å². The molecule has 5 nitrogen and oxygen atoms in total. The van der Waals surface area contributed by atoms with Crippen molar-refractivity contribution in [3.63, 3.8) is 0 Å². The fourth-order valence-electron chi connectivity index (χ4n) is 3.65. The number of rotatable bonds is 3. The molecule has 1 unspecified atom stereocenters. The monoisotopic (exact) mass is 378 g/mol. The minimum absolute atomic E-state index is 0.140. The molecule has 1 fully saturated rings. The molecule has 1 aromatic carbocycles. The third-order valence-corrected chi connectivity index (χ3v) is 5.12. The van der Waals surface area contributed by atoms with E-state index in [9.17, 15) is 18.3 Å². The van der Waals surface area contributed by atoms with Crippen LogP contribution in [0.1, 0.15) is 31.2 Å². The predicted octanol–water partition coefficient (Wildman–Crippen LogP) is 3.68.